The van der Waals surface area contributed by atoms with E-state index in [0.29, 0.717) is 11.8 Å². The second-order valence-corrected chi connectivity index (χ2v) is 13.3. The van der Waals surface area contributed by atoms with Crippen molar-refractivity contribution in [2.75, 3.05) is 20.1 Å². The molecule has 2 aliphatic rings. The molecule has 1 aliphatic heterocycles. The van der Waals surface area contributed by atoms with E-state index < -0.39 is 5.97 Å². The Kier molecular flexibility index (Phi) is 11.1. The molecule has 5 nitrogen and oxygen atoms in total. The number of piperidine rings is 1. The molecule has 6 rings (SSSR count). The highest BCUT2D eigenvalue weighted by atomic mass is 19.1. The zero-order chi connectivity index (χ0) is 31.9. The third-order valence-corrected chi connectivity index (χ3v) is 10.4. The fraction of sp³-hybridized carbons (Fsp3) is 0.487. The predicted octanol–water partition coefficient (Wildman–Crippen LogP) is 8.91. The van der Waals surface area contributed by atoms with Crippen molar-refractivity contribution in [1.29, 1.82) is 0 Å². The molecule has 45 heavy (non-hydrogen) atoms. The summed E-state index contributed by atoms with van der Waals surface area (Å²) in [6.45, 7) is 9.61. The van der Waals surface area contributed by atoms with Crippen LogP contribution in [0.4, 0.5) is 4.39 Å². The Balaban J connectivity index is 0.000000183. The molecule has 0 amide bonds. The highest BCUT2D eigenvalue weighted by molar-refractivity contribution is 5.85. The van der Waals surface area contributed by atoms with Crippen molar-refractivity contribution in [3.05, 3.63) is 101 Å². The number of aryl methyl sites for hydroxylation is 1. The number of halogens is 1. The third-order valence-electron chi connectivity index (χ3n) is 10.4. The number of nitrogens with zero attached hydrogens (tertiary/aromatic N) is 3. The number of rotatable bonds is 9. The second kappa shape index (κ2) is 15.2. The van der Waals surface area contributed by atoms with Crippen molar-refractivity contribution in [3.8, 4) is 0 Å². The quantitative estimate of drug-likeness (QED) is 0.205. The largest absolute Gasteiger partial charge is 0.481 e. The Hall–Kier alpha value is -3.51. The Labute approximate surface area is 268 Å². The number of hydrogen-bond acceptors (Lipinski definition) is 3. The first-order valence-electron chi connectivity index (χ1n) is 17.0. The fourth-order valence-corrected chi connectivity index (χ4v) is 7.67. The summed E-state index contributed by atoms with van der Waals surface area (Å²) in [5, 5.41) is 17.1. The van der Waals surface area contributed by atoms with Gasteiger partial charge in [-0.2, -0.15) is 5.10 Å². The van der Waals surface area contributed by atoms with Gasteiger partial charge >= 0.3 is 5.97 Å². The molecule has 6 heteroatoms. The van der Waals surface area contributed by atoms with Gasteiger partial charge in [-0.25, -0.2) is 4.39 Å². The van der Waals surface area contributed by atoms with Crippen molar-refractivity contribution in [2.24, 2.45) is 17.8 Å². The number of carboxylic acids is 1. The normalized spacial score (nSPS) is 20.5. The first-order chi connectivity index (χ1) is 21.8. The Morgan fingerprint density at radius 2 is 1.69 bits per heavy atom. The molecule has 1 unspecified atom stereocenters. The van der Waals surface area contributed by atoms with Crippen molar-refractivity contribution < 1.29 is 14.3 Å². The number of aromatic nitrogens is 2. The van der Waals surface area contributed by atoms with Crippen LogP contribution in [0.25, 0.3) is 10.8 Å². The molecule has 240 valence electrons. The maximum absolute atomic E-state index is 13.3. The van der Waals surface area contributed by atoms with Gasteiger partial charge in [0.2, 0.25) is 0 Å². The standard InChI is InChI=1S/C22H27N3.C17H23FO2/c1-3-25-22(18-11-13-24(2)14-12-18)16-20(23-25)15-19-9-6-8-17-7-4-5-10-21(17)19;1-3-11(2)16(17(19)20)14-8-7-13(9-14)12-5-4-6-15(18)10-12/h4-10,16,18H,3,11-15H2,1-2H3;4-6,10-11,13-14,16H,3,7-9H2,1-2H3,(H,19,20)/t;11-,13+,14?,16-/m.0/s1. The summed E-state index contributed by atoms with van der Waals surface area (Å²) in [5.74, 6) is 0.233. The predicted molar refractivity (Wildman–Crippen MR) is 181 cm³/mol. The topological polar surface area (TPSA) is 58.4 Å². The summed E-state index contributed by atoms with van der Waals surface area (Å²) in [4.78, 5) is 14.0. The minimum Gasteiger partial charge on any atom is -0.481 e. The van der Waals surface area contributed by atoms with Gasteiger partial charge in [0.1, 0.15) is 5.82 Å². The van der Waals surface area contributed by atoms with E-state index in [1.807, 2.05) is 19.9 Å². The molecule has 0 bridgehead atoms. The summed E-state index contributed by atoms with van der Waals surface area (Å²) in [5.41, 5.74) is 5.02. The molecule has 4 aromatic rings. The van der Waals surface area contributed by atoms with Gasteiger partial charge in [0.15, 0.2) is 0 Å². The number of carboxylic acid groups (broad SMARTS) is 1. The van der Waals surface area contributed by atoms with Gasteiger partial charge in [0.25, 0.3) is 0 Å². The van der Waals surface area contributed by atoms with Gasteiger partial charge in [0, 0.05) is 24.6 Å². The minimum atomic E-state index is -0.677. The molecule has 4 atom stereocenters. The lowest BCUT2D eigenvalue weighted by Gasteiger charge is -2.29. The lowest BCUT2D eigenvalue weighted by molar-refractivity contribution is -0.145. The molecule has 1 aromatic heterocycles. The van der Waals surface area contributed by atoms with Crippen LogP contribution in [0.15, 0.2) is 72.8 Å². The fourth-order valence-electron chi connectivity index (χ4n) is 7.67. The van der Waals surface area contributed by atoms with Gasteiger partial charge in [-0.1, -0.05) is 74.9 Å². The van der Waals surface area contributed by atoms with Gasteiger partial charge in [-0.05, 0) is 117 Å². The average molecular weight is 612 g/mol. The molecule has 2 fully saturated rings. The van der Waals surface area contributed by atoms with Crippen LogP contribution < -0.4 is 0 Å². The Bertz CT molecular complexity index is 1550. The summed E-state index contributed by atoms with van der Waals surface area (Å²) >= 11 is 0. The van der Waals surface area contributed by atoms with Crippen molar-refractivity contribution >= 4 is 16.7 Å². The lowest BCUT2D eigenvalue weighted by Crippen LogP contribution is -2.30. The molecule has 1 saturated heterocycles. The highest BCUT2D eigenvalue weighted by Gasteiger charge is 2.37. The molecular weight excluding hydrogens is 561 g/mol. The maximum atomic E-state index is 13.3. The monoisotopic (exact) mass is 611 g/mol. The van der Waals surface area contributed by atoms with E-state index in [-0.39, 0.29) is 23.6 Å². The zero-order valence-electron chi connectivity index (χ0n) is 27.5. The van der Waals surface area contributed by atoms with Crippen LogP contribution in [-0.4, -0.2) is 45.9 Å². The third kappa shape index (κ3) is 8.02. The van der Waals surface area contributed by atoms with E-state index in [9.17, 15) is 14.3 Å². The summed E-state index contributed by atoms with van der Waals surface area (Å²) in [7, 11) is 2.22. The molecule has 3 aromatic carbocycles. The summed E-state index contributed by atoms with van der Waals surface area (Å²) in [6, 6.07) is 24.3. The van der Waals surface area contributed by atoms with Crippen LogP contribution in [0.2, 0.25) is 0 Å². The number of hydrogen-bond donors (Lipinski definition) is 1. The van der Waals surface area contributed by atoms with Crippen LogP contribution >= 0.6 is 0 Å². The number of aliphatic carboxylic acids is 1. The molecule has 2 heterocycles. The van der Waals surface area contributed by atoms with E-state index in [2.05, 4.69) is 72.1 Å². The number of carbonyl (C=O) groups is 1. The molecule has 0 radical (unpaired) electrons. The van der Waals surface area contributed by atoms with Crippen molar-refractivity contribution in [3.63, 3.8) is 0 Å². The van der Waals surface area contributed by atoms with Crippen LogP contribution in [0.3, 0.4) is 0 Å². The van der Waals surface area contributed by atoms with E-state index >= 15 is 0 Å². The highest BCUT2D eigenvalue weighted by Crippen LogP contribution is 2.44. The molecule has 1 N–H and O–H groups in total. The Morgan fingerprint density at radius 1 is 0.956 bits per heavy atom. The van der Waals surface area contributed by atoms with Crippen LogP contribution in [-0.2, 0) is 17.8 Å². The molecule has 1 saturated carbocycles. The molecule has 1 aliphatic carbocycles. The first kappa shape index (κ1) is 32.9. The molecular formula is C39H50FN3O2. The van der Waals surface area contributed by atoms with E-state index in [0.717, 1.165) is 44.2 Å². The van der Waals surface area contributed by atoms with Crippen LogP contribution in [0.5, 0.6) is 0 Å². The lowest BCUT2D eigenvalue weighted by atomic mass is 9.79. The van der Waals surface area contributed by atoms with Gasteiger partial charge in [-0.3, -0.25) is 9.48 Å². The second-order valence-electron chi connectivity index (χ2n) is 13.3. The van der Waals surface area contributed by atoms with E-state index in [4.69, 9.17) is 5.10 Å². The van der Waals surface area contributed by atoms with Crippen LogP contribution in [0.1, 0.15) is 93.6 Å². The SMILES string of the molecule is CC[C@H](C)[C@H](C(=O)O)C1CC[C@@H](c2cccc(F)c2)C1.CCn1nc(Cc2cccc3ccccc23)cc1C1CCN(C)CC1. The summed E-state index contributed by atoms with van der Waals surface area (Å²) in [6.07, 6.45) is 7.06. The number of fused-ring (bicyclic) bond motifs is 1. The first-order valence-corrected chi connectivity index (χ1v) is 17.0. The van der Waals surface area contributed by atoms with E-state index in [1.165, 1.54) is 59.7 Å². The number of likely N-dealkylation sites (tertiary alicyclic amines) is 1. The van der Waals surface area contributed by atoms with Crippen LogP contribution in [0, 0.1) is 23.6 Å². The van der Waals surface area contributed by atoms with E-state index in [1.54, 1.807) is 12.1 Å². The molecule has 0 spiro atoms. The van der Waals surface area contributed by atoms with Gasteiger partial charge in [-0.15, -0.1) is 0 Å². The van der Waals surface area contributed by atoms with Crippen molar-refractivity contribution in [1.82, 2.24) is 14.7 Å². The van der Waals surface area contributed by atoms with Crippen molar-refractivity contribution in [2.45, 2.75) is 84.1 Å². The smallest absolute Gasteiger partial charge is 0.307 e. The minimum absolute atomic E-state index is 0.198. The van der Waals surface area contributed by atoms with Gasteiger partial charge in [0.05, 0.1) is 11.6 Å². The Morgan fingerprint density at radius 3 is 2.40 bits per heavy atom. The summed E-state index contributed by atoms with van der Waals surface area (Å²) < 4.78 is 15.5. The maximum Gasteiger partial charge on any atom is 0.307 e. The van der Waals surface area contributed by atoms with Gasteiger partial charge < -0.3 is 10.0 Å². The average Bonchev–Trinajstić information content (AvgIpc) is 3.69. The number of benzene rings is 3. The zero-order valence-corrected chi connectivity index (χ0v) is 27.5.